The summed E-state index contributed by atoms with van der Waals surface area (Å²) in [6.45, 7) is 0. The average Bonchev–Trinajstić information content (AvgIpc) is 2.64. The fourth-order valence-electron chi connectivity index (χ4n) is 2.63. The number of rotatable bonds is 5. The maximum atomic E-state index is 12.5. The maximum absolute atomic E-state index is 12.5. The van der Waals surface area contributed by atoms with Gasteiger partial charge in [0.15, 0.2) is 0 Å². The van der Waals surface area contributed by atoms with Crippen molar-refractivity contribution in [2.45, 2.75) is 17.4 Å². The molecule has 0 radical (unpaired) electrons. The van der Waals surface area contributed by atoms with Crippen LogP contribution < -0.4 is 5.32 Å². The molecule has 4 nitrogen and oxygen atoms in total. The van der Waals surface area contributed by atoms with E-state index in [4.69, 9.17) is 5.11 Å². The fourth-order valence-corrected chi connectivity index (χ4v) is 5.52. The number of carbonyl (C=O) groups is 2. The fraction of sp³-hybridized carbons (Fsp3) is 0.263. The summed E-state index contributed by atoms with van der Waals surface area (Å²) in [7, 11) is 0. The van der Waals surface area contributed by atoms with Crippen molar-refractivity contribution in [1.82, 2.24) is 0 Å². The van der Waals surface area contributed by atoms with Gasteiger partial charge in [-0.1, -0.05) is 30.3 Å². The van der Waals surface area contributed by atoms with Crippen LogP contribution in [0.25, 0.3) is 0 Å². The summed E-state index contributed by atoms with van der Waals surface area (Å²) >= 11 is 3.90. The summed E-state index contributed by atoms with van der Waals surface area (Å²) in [5.74, 6) is 1.21. The molecule has 1 fully saturated rings. The lowest BCUT2D eigenvalue weighted by atomic mass is 10.1. The van der Waals surface area contributed by atoms with E-state index >= 15 is 0 Å². The second kappa shape index (κ2) is 8.45. The topological polar surface area (TPSA) is 66.4 Å². The number of aliphatic carboxylic acids is 1. The zero-order valence-corrected chi connectivity index (χ0v) is 15.2. The van der Waals surface area contributed by atoms with Crippen molar-refractivity contribution in [3.8, 4) is 0 Å². The molecule has 2 aromatic carbocycles. The van der Waals surface area contributed by atoms with Gasteiger partial charge in [0, 0.05) is 11.3 Å². The second-order valence-electron chi connectivity index (χ2n) is 5.73. The highest BCUT2D eigenvalue weighted by molar-refractivity contribution is 8.16. The van der Waals surface area contributed by atoms with Crippen LogP contribution in [-0.2, 0) is 11.2 Å². The van der Waals surface area contributed by atoms with E-state index in [9.17, 15) is 9.59 Å². The van der Waals surface area contributed by atoms with E-state index in [0.29, 0.717) is 21.4 Å². The molecule has 0 bridgehead atoms. The van der Waals surface area contributed by atoms with Gasteiger partial charge in [-0.15, -0.1) is 23.5 Å². The third-order valence-corrected chi connectivity index (χ3v) is 6.89. The van der Waals surface area contributed by atoms with Gasteiger partial charge >= 0.3 is 5.97 Å². The number of hydrogen-bond donors (Lipinski definition) is 2. The number of amides is 1. The van der Waals surface area contributed by atoms with Gasteiger partial charge in [-0.25, -0.2) is 0 Å². The van der Waals surface area contributed by atoms with Crippen LogP contribution in [0.1, 0.15) is 32.5 Å². The minimum Gasteiger partial charge on any atom is -0.481 e. The first kappa shape index (κ1) is 17.9. The van der Waals surface area contributed by atoms with Crippen molar-refractivity contribution in [3.05, 3.63) is 65.2 Å². The second-order valence-corrected chi connectivity index (χ2v) is 8.46. The van der Waals surface area contributed by atoms with E-state index in [2.05, 4.69) is 5.32 Å². The average molecular weight is 373 g/mol. The highest BCUT2D eigenvalue weighted by atomic mass is 32.2. The first-order valence-corrected chi connectivity index (χ1v) is 10.2. The number of benzene rings is 2. The van der Waals surface area contributed by atoms with E-state index in [-0.39, 0.29) is 12.3 Å². The summed E-state index contributed by atoms with van der Waals surface area (Å²) < 4.78 is 0.446. The SMILES string of the molecule is O=C(O)Cc1ccccc1NC(=O)c1ccc(C2SCCCS2)cc1. The molecule has 3 rings (SSSR count). The summed E-state index contributed by atoms with van der Waals surface area (Å²) in [6.07, 6.45) is 1.13. The molecule has 0 spiro atoms. The van der Waals surface area contributed by atoms with Crippen molar-refractivity contribution in [1.29, 1.82) is 0 Å². The molecular weight excluding hydrogens is 354 g/mol. The van der Waals surface area contributed by atoms with Crippen LogP contribution in [0.4, 0.5) is 5.69 Å². The Hall–Kier alpha value is -1.92. The molecule has 2 aromatic rings. The number of carboxylic acid groups (broad SMARTS) is 1. The molecule has 0 aliphatic carbocycles. The third kappa shape index (κ3) is 4.80. The lowest BCUT2D eigenvalue weighted by Gasteiger charge is -2.21. The van der Waals surface area contributed by atoms with Gasteiger partial charge in [0.1, 0.15) is 0 Å². The zero-order chi connectivity index (χ0) is 17.6. The Morgan fingerprint density at radius 2 is 1.72 bits per heavy atom. The van der Waals surface area contributed by atoms with E-state index < -0.39 is 5.97 Å². The first-order chi connectivity index (χ1) is 12.1. The number of nitrogens with one attached hydrogen (secondary N) is 1. The van der Waals surface area contributed by atoms with Gasteiger partial charge in [-0.05, 0) is 47.3 Å². The van der Waals surface area contributed by atoms with Crippen LogP contribution in [0.2, 0.25) is 0 Å². The molecule has 2 N–H and O–H groups in total. The first-order valence-electron chi connectivity index (χ1n) is 8.08. The van der Waals surface area contributed by atoms with Crippen LogP contribution in [-0.4, -0.2) is 28.5 Å². The van der Waals surface area contributed by atoms with Crippen molar-refractivity contribution in [2.75, 3.05) is 16.8 Å². The molecule has 6 heteroatoms. The molecule has 0 aromatic heterocycles. The molecule has 1 heterocycles. The molecule has 130 valence electrons. The number of carboxylic acids is 1. The summed E-state index contributed by atoms with van der Waals surface area (Å²) in [4.78, 5) is 23.4. The molecule has 0 unspecified atom stereocenters. The monoisotopic (exact) mass is 373 g/mol. The predicted molar refractivity (Wildman–Crippen MR) is 104 cm³/mol. The molecule has 1 amide bonds. The van der Waals surface area contributed by atoms with Gasteiger partial charge < -0.3 is 10.4 Å². The Morgan fingerprint density at radius 3 is 2.40 bits per heavy atom. The predicted octanol–water partition coefficient (Wildman–Crippen LogP) is 4.43. The quantitative estimate of drug-likeness (QED) is 0.811. The number of anilines is 1. The summed E-state index contributed by atoms with van der Waals surface area (Å²) in [6, 6.07) is 14.7. The Balaban J connectivity index is 1.70. The van der Waals surface area contributed by atoms with Crippen molar-refractivity contribution in [2.24, 2.45) is 0 Å². The molecule has 1 aliphatic rings. The Labute approximate surface area is 155 Å². The largest absolute Gasteiger partial charge is 0.481 e. The standard InChI is InChI=1S/C19H19NO3S2/c21-17(22)12-15-4-1-2-5-16(15)20-18(23)13-6-8-14(9-7-13)19-24-10-3-11-25-19/h1-2,4-9,19H,3,10-12H2,(H,20,23)(H,21,22). The van der Waals surface area contributed by atoms with E-state index in [1.54, 1.807) is 24.3 Å². The minimum atomic E-state index is -0.923. The van der Waals surface area contributed by atoms with Crippen LogP contribution in [0, 0.1) is 0 Å². The van der Waals surface area contributed by atoms with Crippen molar-refractivity contribution >= 4 is 41.1 Å². The summed E-state index contributed by atoms with van der Waals surface area (Å²) in [5, 5.41) is 11.8. The van der Waals surface area contributed by atoms with Gasteiger partial charge in [0.2, 0.25) is 0 Å². The number of para-hydroxylation sites is 1. The van der Waals surface area contributed by atoms with Crippen LogP contribution >= 0.6 is 23.5 Å². The normalized spacial score (nSPS) is 14.9. The van der Waals surface area contributed by atoms with Crippen LogP contribution in [0.3, 0.4) is 0 Å². The molecule has 0 atom stereocenters. The van der Waals surface area contributed by atoms with Gasteiger partial charge in [-0.2, -0.15) is 0 Å². The van der Waals surface area contributed by atoms with Crippen LogP contribution in [0.5, 0.6) is 0 Å². The maximum Gasteiger partial charge on any atom is 0.307 e. The number of carbonyl (C=O) groups excluding carboxylic acids is 1. The summed E-state index contributed by atoms with van der Waals surface area (Å²) in [5.41, 5.74) is 2.93. The highest BCUT2D eigenvalue weighted by Crippen LogP contribution is 2.43. The minimum absolute atomic E-state index is 0.120. The molecule has 25 heavy (non-hydrogen) atoms. The number of hydrogen-bond acceptors (Lipinski definition) is 4. The molecule has 1 saturated heterocycles. The van der Waals surface area contributed by atoms with Crippen LogP contribution in [0.15, 0.2) is 48.5 Å². The molecule has 1 aliphatic heterocycles. The lowest BCUT2D eigenvalue weighted by molar-refractivity contribution is -0.136. The Morgan fingerprint density at radius 1 is 1.04 bits per heavy atom. The highest BCUT2D eigenvalue weighted by Gasteiger charge is 2.17. The Kier molecular flexibility index (Phi) is 6.04. The van der Waals surface area contributed by atoms with Gasteiger partial charge in [0.25, 0.3) is 5.91 Å². The van der Waals surface area contributed by atoms with Gasteiger partial charge in [0.05, 0.1) is 11.0 Å². The Bertz CT molecular complexity index is 756. The smallest absolute Gasteiger partial charge is 0.307 e. The van der Waals surface area contributed by atoms with E-state index in [1.807, 2.05) is 47.8 Å². The van der Waals surface area contributed by atoms with Crippen molar-refractivity contribution < 1.29 is 14.7 Å². The lowest BCUT2D eigenvalue weighted by Crippen LogP contribution is -2.14. The van der Waals surface area contributed by atoms with E-state index in [1.165, 1.54) is 23.5 Å². The zero-order valence-electron chi connectivity index (χ0n) is 13.6. The third-order valence-electron chi connectivity index (χ3n) is 3.88. The van der Waals surface area contributed by atoms with Gasteiger partial charge in [-0.3, -0.25) is 9.59 Å². The number of thioether (sulfide) groups is 2. The van der Waals surface area contributed by atoms with E-state index in [0.717, 1.165) is 0 Å². The van der Waals surface area contributed by atoms with Crippen molar-refractivity contribution in [3.63, 3.8) is 0 Å². The molecule has 0 saturated carbocycles. The molecular formula is C19H19NO3S2.